The first-order valence-corrected chi connectivity index (χ1v) is 4.31. The average molecular weight is 260 g/mol. The van der Waals surface area contributed by atoms with Crippen molar-refractivity contribution in [2.75, 3.05) is 0 Å². The highest BCUT2D eigenvalue weighted by molar-refractivity contribution is 5.85. The number of pyridine rings is 1. The fraction of sp³-hybridized carbons (Fsp3) is 0.0909. The molecule has 1 aromatic heterocycles. The summed E-state index contributed by atoms with van der Waals surface area (Å²) in [6.45, 7) is 0. The topological polar surface area (TPSA) is 50.2 Å². The number of fused-ring (bicyclic) bond motifs is 1. The SMILES string of the molecule is Cl.Cl.O=C(O)Cc1ccc2cccnc2c1. The molecule has 0 aliphatic heterocycles. The summed E-state index contributed by atoms with van der Waals surface area (Å²) in [5.74, 6) is -0.819. The average Bonchev–Trinajstić information content (AvgIpc) is 2.17. The smallest absolute Gasteiger partial charge is 0.307 e. The van der Waals surface area contributed by atoms with Gasteiger partial charge in [0.2, 0.25) is 0 Å². The van der Waals surface area contributed by atoms with Crippen molar-refractivity contribution >= 4 is 41.7 Å². The molecule has 0 bridgehead atoms. The number of benzene rings is 1. The number of carbonyl (C=O) groups is 1. The molecule has 16 heavy (non-hydrogen) atoms. The molecule has 1 N–H and O–H groups in total. The predicted octanol–water partition coefficient (Wildman–Crippen LogP) is 2.71. The quantitative estimate of drug-likeness (QED) is 0.903. The third-order valence-electron chi connectivity index (χ3n) is 2.03. The van der Waals surface area contributed by atoms with Gasteiger partial charge in [0, 0.05) is 11.6 Å². The van der Waals surface area contributed by atoms with E-state index in [4.69, 9.17) is 5.11 Å². The first-order chi connectivity index (χ1) is 6.75. The Morgan fingerprint density at radius 2 is 2.00 bits per heavy atom. The van der Waals surface area contributed by atoms with Crippen LogP contribution >= 0.6 is 24.8 Å². The van der Waals surface area contributed by atoms with Gasteiger partial charge in [-0.1, -0.05) is 18.2 Å². The van der Waals surface area contributed by atoms with Crippen LogP contribution < -0.4 is 0 Å². The van der Waals surface area contributed by atoms with E-state index < -0.39 is 5.97 Å². The lowest BCUT2D eigenvalue weighted by Crippen LogP contribution is -1.99. The molecule has 0 unspecified atom stereocenters. The first kappa shape index (κ1) is 14.7. The van der Waals surface area contributed by atoms with Crippen molar-refractivity contribution in [3.8, 4) is 0 Å². The number of hydrogen-bond donors (Lipinski definition) is 1. The molecule has 0 atom stereocenters. The molecule has 86 valence electrons. The van der Waals surface area contributed by atoms with Gasteiger partial charge in [0.05, 0.1) is 11.9 Å². The van der Waals surface area contributed by atoms with Crippen molar-refractivity contribution in [1.82, 2.24) is 4.98 Å². The van der Waals surface area contributed by atoms with Gasteiger partial charge in [0.25, 0.3) is 0 Å². The minimum Gasteiger partial charge on any atom is -0.481 e. The second-order valence-electron chi connectivity index (χ2n) is 3.10. The molecule has 0 fully saturated rings. The Morgan fingerprint density at radius 1 is 1.25 bits per heavy atom. The Balaban J connectivity index is 0.00000112. The Bertz CT molecular complexity index is 488. The van der Waals surface area contributed by atoms with Gasteiger partial charge >= 0.3 is 5.97 Å². The van der Waals surface area contributed by atoms with Crippen LogP contribution in [0.2, 0.25) is 0 Å². The van der Waals surface area contributed by atoms with E-state index in [1.807, 2.05) is 30.3 Å². The molecule has 0 aliphatic rings. The summed E-state index contributed by atoms with van der Waals surface area (Å²) in [4.78, 5) is 14.6. The molecule has 0 aliphatic carbocycles. The van der Waals surface area contributed by atoms with Crippen LogP contribution in [0.15, 0.2) is 36.5 Å². The van der Waals surface area contributed by atoms with Gasteiger partial charge in [-0.2, -0.15) is 0 Å². The molecule has 0 radical (unpaired) electrons. The second-order valence-corrected chi connectivity index (χ2v) is 3.10. The summed E-state index contributed by atoms with van der Waals surface area (Å²) < 4.78 is 0. The number of nitrogens with zero attached hydrogens (tertiary/aromatic N) is 1. The zero-order valence-electron chi connectivity index (χ0n) is 8.29. The van der Waals surface area contributed by atoms with Crippen molar-refractivity contribution in [2.45, 2.75) is 6.42 Å². The zero-order valence-corrected chi connectivity index (χ0v) is 9.92. The Morgan fingerprint density at radius 3 is 2.69 bits per heavy atom. The second kappa shape index (κ2) is 6.30. The number of carboxylic acid groups (broad SMARTS) is 1. The van der Waals surface area contributed by atoms with E-state index in [9.17, 15) is 4.79 Å². The molecule has 0 saturated heterocycles. The zero-order chi connectivity index (χ0) is 9.97. The number of hydrogen-bond acceptors (Lipinski definition) is 2. The number of halogens is 2. The number of aliphatic carboxylic acids is 1. The molecule has 2 rings (SSSR count). The fourth-order valence-electron chi connectivity index (χ4n) is 1.40. The van der Waals surface area contributed by atoms with E-state index in [0.29, 0.717) is 0 Å². The maximum Gasteiger partial charge on any atom is 0.307 e. The standard InChI is InChI=1S/C11H9NO2.2ClH/c13-11(14)7-8-3-4-9-2-1-5-12-10(9)6-8;;/h1-6H,7H2,(H,13,14);2*1H. The maximum atomic E-state index is 10.5. The summed E-state index contributed by atoms with van der Waals surface area (Å²) >= 11 is 0. The van der Waals surface area contributed by atoms with Crippen molar-refractivity contribution in [1.29, 1.82) is 0 Å². The van der Waals surface area contributed by atoms with E-state index in [1.165, 1.54) is 0 Å². The van der Waals surface area contributed by atoms with Crippen LogP contribution in [0.25, 0.3) is 10.9 Å². The molecular formula is C11H11Cl2NO2. The third kappa shape index (κ3) is 3.36. The molecular weight excluding hydrogens is 249 g/mol. The van der Waals surface area contributed by atoms with Gasteiger partial charge in [-0.05, 0) is 17.7 Å². The van der Waals surface area contributed by atoms with Crippen LogP contribution in [0.5, 0.6) is 0 Å². The molecule has 3 nitrogen and oxygen atoms in total. The highest BCUT2D eigenvalue weighted by atomic mass is 35.5. The molecule has 1 heterocycles. The van der Waals surface area contributed by atoms with Crippen LogP contribution in [-0.4, -0.2) is 16.1 Å². The monoisotopic (exact) mass is 259 g/mol. The van der Waals surface area contributed by atoms with E-state index >= 15 is 0 Å². The summed E-state index contributed by atoms with van der Waals surface area (Å²) in [7, 11) is 0. The number of aromatic nitrogens is 1. The summed E-state index contributed by atoms with van der Waals surface area (Å²) in [5, 5.41) is 9.65. The summed E-state index contributed by atoms with van der Waals surface area (Å²) in [5.41, 5.74) is 1.62. The Labute approximate surface area is 105 Å². The van der Waals surface area contributed by atoms with E-state index in [1.54, 1.807) is 6.20 Å². The van der Waals surface area contributed by atoms with Crippen LogP contribution in [-0.2, 0) is 11.2 Å². The van der Waals surface area contributed by atoms with Gasteiger partial charge in [-0.15, -0.1) is 24.8 Å². The molecule has 5 heteroatoms. The first-order valence-electron chi connectivity index (χ1n) is 4.31. The van der Waals surface area contributed by atoms with Gasteiger partial charge in [-0.25, -0.2) is 0 Å². The van der Waals surface area contributed by atoms with Crippen LogP contribution in [0, 0.1) is 0 Å². The van der Waals surface area contributed by atoms with Gasteiger partial charge in [0.15, 0.2) is 0 Å². The summed E-state index contributed by atoms with van der Waals surface area (Å²) in [6, 6.07) is 9.33. The van der Waals surface area contributed by atoms with Gasteiger partial charge in [0.1, 0.15) is 0 Å². The highest BCUT2D eigenvalue weighted by Crippen LogP contribution is 2.13. The van der Waals surface area contributed by atoms with Crippen LogP contribution in [0.4, 0.5) is 0 Å². The van der Waals surface area contributed by atoms with Gasteiger partial charge < -0.3 is 5.11 Å². The van der Waals surface area contributed by atoms with Crippen LogP contribution in [0.3, 0.4) is 0 Å². The third-order valence-corrected chi connectivity index (χ3v) is 2.03. The van der Waals surface area contributed by atoms with Crippen molar-refractivity contribution in [3.63, 3.8) is 0 Å². The maximum absolute atomic E-state index is 10.5. The lowest BCUT2D eigenvalue weighted by Gasteiger charge is -1.99. The molecule has 2 aromatic rings. The number of carboxylic acids is 1. The van der Waals surface area contributed by atoms with Crippen molar-refractivity contribution < 1.29 is 9.90 Å². The van der Waals surface area contributed by atoms with Crippen LogP contribution in [0.1, 0.15) is 5.56 Å². The van der Waals surface area contributed by atoms with E-state index in [-0.39, 0.29) is 31.2 Å². The molecule has 0 spiro atoms. The molecule has 0 amide bonds. The van der Waals surface area contributed by atoms with Crippen molar-refractivity contribution in [3.05, 3.63) is 42.1 Å². The summed E-state index contributed by atoms with van der Waals surface area (Å²) in [6.07, 6.45) is 1.75. The van der Waals surface area contributed by atoms with E-state index in [0.717, 1.165) is 16.5 Å². The normalized spacial score (nSPS) is 9.00. The highest BCUT2D eigenvalue weighted by Gasteiger charge is 2.01. The molecule has 1 aromatic carbocycles. The predicted molar refractivity (Wildman–Crippen MR) is 67.6 cm³/mol. The number of rotatable bonds is 2. The molecule has 0 saturated carbocycles. The van der Waals surface area contributed by atoms with E-state index in [2.05, 4.69) is 4.98 Å². The minimum atomic E-state index is -0.819. The Kier molecular flexibility index (Phi) is 5.78. The lowest BCUT2D eigenvalue weighted by molar-refractivity contribution is -0.136. The van der Waals surface area contributed by atoms with Gasteiger partial charge in [-0.3, -0.25) is 9.78 Å². The largest absolute Gasteiger partial charge is 0.481 e. The minimum absolute atomic E-state index is 0. The Hall–Kier alpha value is -1.32. The lowest BCUT2D eigenvalue weighted by atomic mass is 10.1. The fourth-order valence-corrected chi connectivity index (χ4v) is 1.40. The van der Waals surface area contributed by atoms with Crippen molar-refractivity contribution in [2.24, 2.45) is 0 Å².